The van der Waals surface area contributed by atoms with Gasteiger partial charge in [-0.15, -0.1) is 0 Å². The van der Waals surface area contributed by atoms with Crippen molar-refractivity contribution in [2.24, 2.45) is 10.7 Å². The van der Waals surface area contributed by atoms with Crippen LogP contribution in [0.15, 0.2) is 35.3 Å². The molecule has 98 valence electrons. The first kappa shape index (κ1) is 13.2. The maximum atomic E-state index is 13.0. The van der Waals surface area contributed by atoms with Crippen molar-refractivity contribution in [3.05, 3.63) is 52.8 Å². The largest absolute Gasteiger partial charge is 0.397 e. The number of nitrogen functional groups attached to an aromatic ring is 1. The van der Waals surface area contributed by atoms with E-state index < -0.39 is 11.8 Å². The molecule has 1 heterocycles. The van der Waals surface area contributed by atoms with Gasteiger partial charge in [-0.05, 0) is 30.3 Å². The van der Waals surface area contributed by atoms with Crippen LogP contribution < -0.4 is 11.5 Å². The van der Waals surface area contributed by atoms with Gasteiger partial charge in [0.15, 0.2) is 5.84 Å². The molecule has 0 aliphatic carbocycles. The van der Waals surface area contributed by atoms with Gasteiger partial charge in [-0.1, -0.05) is 11.6 Å². The number of hydrogen-bond acceptors (Lipinski definition) is 3. The number of anilines is 1. The Bertz CT molecular complexity index is 658. The van der Waals surface area contributed by atoms with Crippen molar-refractivity contribution in [2.45, 2.75) is 0 Å². The lowest BCUT2D eigenvalue weighted by molar-refractivity contribution is 0.583. The summed E-state index contributed by atoms with van der Waals surface area (Å²) in [5, 5.41) is -0.0887. The third-order valence-electron chi connectivity index (χ3n) is 2.29. The van der Waals surface area contributed by atoms with Crippen LogP contribution in [0.1, 0.15) is 5.69 Å². The Balaban J connectivity index is 2.42. The fourth-order valence-electron chi connectivity index (χ4n) is 1.40. The van der Waals surface area contributed by atoms with Crippen molar-refractivity contribution < 1.29 is 8.78 Å². The molecule has 2 rings (SSSR count). The van der Waals surface area contributed by atoms with E-state index in [9.17, 15) is 8.78 Å². The molecule has 7 heteroatoms. The molecule has 0 saturated carbocycles. The zero-order valence-electron chi connectivity index (χ0n) is 9.57. The molecule has 0 fully saturated rings. The first-order valence-corrected chi connectivity index (χ1v) is 5.57. The van der Waals surface area contributed by atoms with Crippen LogP contribution in [0, 0.1) is 11.8 Å². The van der Waals surface area contributed by atoms with Gasteiger partial charge in [0.25, 0.3) is 0 Å². The smallest absolute Gasteiger partial charge is 0.213 e. The highest BCUT2D eigenvalue weighted by Gasteiger charge is 2.08. The molecule has 19 heavy (non-hydrogen) atoms. The van der Waals surface area contributed by atoms with Gasteiger partial charge in [-0.3, -0.25) is 0 Å². The monoisotopic (exact) mass is 282 g/mol. The van der Waals surface area contributed by atoms with E-state index in [1.54, 1.807) is 0 Å². The molecular weight excluding hydrogens is 274 g/mol. The van der Waals surface area contributed by atoms with E-state index in [0.29, 0.717) is 5.69 Å². The summed E-state index contributed by atoms with van der Waals surface area (Å²) >= 11 is 5.61. The highest BCUT2D eigenvalue weighted by Crippen LogP contribution is 2.22. The van der Waals surface area contributed by atoms with Crippen LogP contribution in [0.4, 0.5) is 20.2 Å². The Kier molecular flexibility index (Phi) is 3.62. The lowest BCUT2D eigenvalue weighted by Crippen LogP contribution is -2.17. The molecule has 0 spiro atoms. The fraction of sp³-hybridized carbons (Fsp3) is 0. The number of rotatable bonds is 2. The molecule has 1 aromatic heterocycles. The van der Waals surface area contributed by atoms with Crippen LogP contribution in [0.3, 0.4) is 0 Å². The molecule has 4 N–H and O–H groups in total. The number of amidine groups is 1. The van der Waals surface area contributed by atoms with Gasteiger partial charge in [-0.2, -0.15) is 4.39 Å². The standard InChI is InChI=1S/C12H9ClF2N4/c13-7-5-6(1-2-8(7)14)18-12(17)11-9(16)3-4-10(15)19-11/h1-5H,16H2,(H2,17,18). The van der Waals surface area contributed by atoms with Crippen LogP contribution in [0.5, 0.6) is 0 Å². The van der Waals surface area contributed by atoms with E-state index in [4.69, 9.17) is 23.1 Å². The summed E-state index contributed by atoms with van der Waals surface area (Å²) in [4.78, 5) is 7.52. The van der Waals surface area contributed by atoms with Gasteiger partial charge in [0.1, 0.15) is 11.5 Å². The second kappa shape index (κ2) is 5.19. The summed E-state index contributed by atoms with van der Waals surface area (Å²) in [6.07, 6.45) is 0. The van der Waals surface area contributed by atoms with Crippen molar-refractivity contribution in [3.8, 4) is 0 Å². The van der Waals surface area contributed by atoms with Crippen LogP contribution in [0.25, 0.3) is 0 Å². The zero-order valence-corrected chi connectivity index (χ0v) is 10.3. The van der Waals surface area contributed by atoms with Gasteiger partial charge in [0.2, 0.25) is 5.95 Å². The summed E-state index contributed by atoms with van der Waals surface area (Å²) in [7, 11) is 0. The number of hydrogen-bond donors (Lipinski definition) is 2. The molecule has 0 unspecified atom stereocenters. The molecule has 0 saturated heterocycles. The summed E-state index contributed by atoms with van der Waals surface area (Å²) in [5.41, 5.74) is 11.8. The first-order chi connectivity index (χ1) is 8.97. The zero-order chi connectivity index (χ0) is 14.0. The minimum Gasteiger partial charge on any atom is -0.397 e. The highest BCUT2D eigenvalue weighted by atomic mass is 35.5. The number of benzene rings is 1. The second-order valence-corrected chi connectivity index (χ2v) is 4.07. The van der Waals surface area contributed by atoms with Crippen molar-refractivity contribution in [1.82, 2.24) is 4.98 Å². The summed E-state index contributed by atoms with van der Waals surface area (Å²) in [6, 6.07) is 6.26. The van der Waals surface area contributed by atoms with Crippen LogP contribution in [0.2, 0.25) is 5.02 Å². The molecule has 0 radical (unpaired) electrons. The minimum atomic E-state index is -0.723. The van der Waals surface area contributed by atoms with Gasteiger partial charge in [-0.25, -0.2) is 14.4 Å². The van der Waals surface area contributed by atoms with Crippen molar-refractivity contribution in [1.29, 1.82) is 0 Å². The summed E-state index contributed by atoms with van der Waals surface area (Å²) in [6.45, 7) is 0. The molecule has 0 bridgehead atoms. The number of nitrogens with zero attached hydrogens (tertiary/aromatic N) is 2. The summed E-state index contributed by atoms with van der Waals surface area (Å²) < 4.78 is 26.0. The average Bonchev–Trinajstić information content (AvgIpc) is 2.36. The van der Waals surface area contributed by atoms with E-state index in [1.165, 1.54) is 18.2 Å². The maximum absolute atomic E-state index is 13.0. The minimum absolute atomic E-state index is 0.0282. The van der Waals surface area contributed by atoms with Crippen molar-refractivity contribution in [2.75, 3.05) is 5.73 Å². The van der Waals surface area contributed by atoms with Crippen LogP contribution in [-0.2, 0) is 0 Å². The van der Waals surface area contributed by atoms with Crippen molar-refractivity contribution in [3.63, 3.8) is 0 Å². The molecule has 1 aromatic carbocycles. The Morgan fingerprint density at radius 2 is 1.95 bits per heavy atom. The number of nitrogens with two attached hydrogens (primary N) is 2. The van der Waals surface area contributed by atoms with E-state index in [2.05, 4.69) is 9.98 Å². The van der Waals surface area contributed by atoms with E-state index in [0.717, 1.165) is 12.1 Å². The topological polar surface area (TPSA) is 77.3 Å². The number of pyridine rings is 1. The Labute approximate surface area is 112 Å². The molecule has 4 nitrogen and oxygen atoms in total. The number of aliphatic imine (C=N–C) groups is 1. The Hall–Kier alpha value is -2.21. The lowest BCUT2D eigenvalue weighted by Gasteiger charge is -2.04. The Morgan fingerprint density at radius 3 is 2.63 bits per heavy atom. The van der Waals surface area contributed by atoms with Gasteiger partial charge in [0.05, 0.1) is 16.4 Å². The molecule has 0 amide bonds. The molecule has 0 aliphatic rings. The van der Waals surface area contributed by atoms with Crippen LogP contribution in [-0.4, -0.2) is 10.8 Å². The highest BCUT2D eigenvalue weighted by molar-refractivity contribution is 6.31. The molecule has 0 atom stereocenters. The van der Waals surface area contributed by atoms with E-state index >= 15 is 0 Å². The SMILES string of the molecule is NC(=Nc1ccc(F)c(Cl)c1)c1nc(F)ccc1N. The molecule has 0 aliphatic heterocycles. The normalized spacial score (nSPS) is 11.6. The van der Waals surface area contributed by atoms with Gasteiger partial charge >= 0.3 is 0 Å². The van der Waals surface area contributed by atoms with Crippen LogP contribution >= 0.6 is 11.6 Å². The van der Waals surface area contributed by atoms with Gasteiger partial charge in [0, 0.05) is 0 Å². The summed E-state index contributed by atoms with van der Waals surface area (Å²) in [5.74, 6) is -1.37. The second-order valence-electron chi connectivity index (χ2n) is 3.67. The third kappa shape index (κ3) is 2.97. The van der Waals surface area contributed by atoms with Gasteiger partial charge < -0.3 is 11.5 Å². The molecular formula is C12H9ClF2N4. The lowest BCUT2D eigenvalue weighted by atomic mass is 10.2. The predicted molar refractivity (Wildman–Crippen MR) is 70.4 cm³/mol. The fourth-order valence-corrected chi connectivity index (χ4v) is 1.57. The Morgan fingerprint density at radius 1 is 1.21 bits per heavy atom. The maximum Gasteiger partial charge on any atom is 0.213 e. The van der Waals surface area contributed by atoms with Crippen molar-refractivity contribution >= 4 is 28.8 Å². The third-order valence-corrected chi connectivity index (χ3v) is 2.58. The van der Waals surface area contributed by atoms with E-state index in [1.807, 2.05) is 0 Å². The number of halogens is 3. The predicted octanol–water partition coefficient (Wildman–Crippen LogP) is 2.63. The van der Waals surface area contributed by atoms with E-state index in [-0.39, 0.29) is 22.2 Å². The average molecular weight is 283 g/mol. The quantitative estimate of drug-likeness (QED) is 0.505. The molecule has 2 aromatic rings. The first-order valence-electron chi connectivity index (χ1n) is 5.19. The number of aromatic nitrogens is 1.